The first-order valence-corrected chi connectivity index (χ1v) is 7.05. The smallest absolute Gasteiger partial charge is 0.129 e. The van der Waals surface area contributed by atoms with Gasteiger partial charge in [0.25, 0.3) is 0 Å². The molecule has 1 aliphatic rings. The molecule has 0 amide bonds. The zero-order valence-corrected chi connectivity index (χ0v) is 12.6. The van der Waals surface area contributed by atoms with Gasteiger partial charge in [0.2, 0.25) is 0 Å². The van der Waals surface area contributed by atoms with Crippen LogP contribution in [-0.2, 0) is 6.42 Å². The van der Waals surface area contributed by atoms with Crippen LogP contribution in [0.25, 0.3) is 17.2 Å². The van der Waals surface area contributed by atoms with E-state index in [1.165, 1.54) is 39.0 Å². The molecule has 0 fully saturated rings. The maximum Gasteiger partial charge on any atom is 0.129 e. The van der Waals surface area contributed by atoms with Crippen molar-refractivity contribution < 1.29 is 4.74 Å². The van der Waals surface area contributed by atoms with Gasteiger partial charge in [0.1, 0.15) is 5.75 Å². The monoisotopic (exact) mass is 264 g/mol. The van der Waals surface area contributed by atoms with Gasteiger partial charge in [-0.25, -0.2) is 0 Å². The molecule has 0 radical (unpaired) electrons. The second-order valence-corrected chi connectivity index (χ2v) is 5.70. The number of hydrogen-bond donors (Lipinski definition) is 0. The first kappa shape index (κ1) is 13.0. The Kier molecular flexibility index (Phi) is 3.13. The van der Waals surface area contributed by atoms with E-state index in [2.05, 4.69) is 57.2 Å². The maximum absolute atomic E-state index is 5.70. The Balaban J connectivity index is 2.27. The van der Waals surface area contributed by atoms with Crippen LogP contribution < -0.4 is 4.74 Å². The molecular weight excluding hydrogens is 244 g/mol. The summed E-state index contributed by atoms with van der Waals surface area (Å²) in [5.41, 5.74) is 9.15. The Bertz CT molecular complexity index is 691. The van der Waals surface area contributed by atoms with Gasteiger partial charge < -0.3 is 4.74 Å². The zero-order valence-electron chi connectivity index (χ0n) is 12.6. The molecule has 0 aromatic heterocycles. The molecule has 0 N–H and O–H groups in total. The lowest BCUT2D eigenvalue weighted by atomic mass is 9.92. The number of fused-ring (bicyclic) bond motifs is 1. The second-order valence-electron chi connectivity index (χ2n) is 5.70. The van der Waals surface area contributed by atoms with Gasteiger partial charge in [0.05, 0.1) is 7.11 Å². The quantitative estimate of drug-likeness (QED) is 0.746. The van der Waals surface area contributed by atoms with E-state index in [9.17, 15) is 0 Å². The van der Waals surface area contributed by atoms with Gasteiger partial charge in [0.15, 0.2) is 0 Å². The molecule has 20 heavy (non-hydrogen) atoms. The molecule has 0 saturated heterocycles. The van der Waals surface area contributed by atoms with E-state index < -0.39 is 0 Å². The van der Waals surface area contributed by atoms with Crippen molar-refractivity contribution in [1.29, 1.82) is 0 Å². The number of allylic oxidation sites excluding steroid dienone is 1. The standard InChI is InChI=1S/C19H20O/c1-12-5-7-15(8-6-12)18-17-10-13(2)9-16(17)11-14(3)19(18)20-4/h5-9,11H,10H2,1-4H3. The minimum Gasteiger partial charge on any atom is -0.496 e. The van der Waals surface area contributed by atoms with Crippen LogP contribution in [0.2, 0.25) is 0 Å². The van der Waals surface area contributed by atoms with Crippen LogP contribution in [-0.4, -0.2) is 7.11 Å². The molecule has 2 aromatic rings. The summed E-state index contributed by atoms with van der Waals surface area (Å²) in [7, 11) is 1.77. The van der Waals surface area contributed by atoms with Crippen LogP contribution in [0.4, 0.5) is 0 Å². The Hall–Kier alpha value is -2.02. The summed E-state index contributed by atoms with van der Waals surface area (Å²) in [4.78, 5) is 0. The molecule has 0 aliphatic heterocycles. The third-order valence-electron chi connectivity index (χ3n) is 4.01. The van der Waals surface area contributed by atoms with Crippen molar-refractivity contribution in [2.75, 3.05) is 7.11 Å². The van der Waals surface area contributed by atoms with Crippen molar-refractivity contribution in [3.63, 3.8) is 0 Å². The second kappa shape index (κ2) is 4.82. The minimum absolute atomic E-state index is 1.01. The minimum atomic E-state index is 1.01. The number of ether oxygens (including phenoxy) is 1. The first-order valence-electron chi connectivity index (χ1n) is 7.05. The molecule has 0 bridgehead atoms. The fourth-order valence-electron chi connectivity index (χ4n) is 3.07. The summed E-state index contributed by atoms with van der Waals surface area (Å²) in [6, 6.07) is 11.0. The Morgan fingerprint density at radius 1 is 1.00 bits per heavy atom. The van der Waals surface area contributed by atoms with Crippen molar-refractivity contribution in [3.05, 3.63) is 58.2 Å². The fourth-order valence-corrected chi connectivity index (χ4v) is 3.07. The van der Waals surface area contributed by atoms with Crippen molar-refractivity contribution in [2.24, 2.45) is 0 Å². The molecule has 0 unspecified atom stereocenters. The van der Waals surface area contributed by atoms with Crippen LogP contribution >= 0.6 is 0 Å². The summed E-state index contributed by atoms with van der Waals surface area (Å²) in [5, 5.41) is 0. The van der Waals surface area contributed by atoms with Crippen LogP contribution in [0, 0.1) is 13.8 Å². The van der Waals surface area contributed by atoms with Crippen LogP contribution in [0.1, 0.15) is 29.2 Å². The number of benzene rings is 2. The molecule has 0 saturated carbocycles. The lowest BCUT2D eigenvalue weighted by Crippen LogP contribution is -1.98. The van der Waals surface area contributed by atoms with Crippen molar-refractivity contribution in [1.82, 2.24) is 0 Å². The van der Waals surface area contributed by atoms with Gasteiger partial charge in [-0.05, 0) is 55.5 Å². The number of hydrogen-bond acceptors (Lipinski definition) is 1. The Morgan fingerprint density at radius 3 is 2.35 bits per heavy atom. The molecule has 0 atom stereocenters. The lowest BCUT2D eigenvalue weighted by molar-refractivity contribution is 0.413. The van der Waals surface area contributed by atoms with Crippen molar-refractivity contribution in [2.45, 2.75) is 27.2 Å². The van der Waals surface area contributed by atoms with Gasteiger partial charge in [-0.2, -0.15) is 0 Å². The fraction of sp³-hybridized carbons (Fsp3) is 0.263. The zero-order chi connectivity index (χ0) is 14.3. The summed E-state index contributed by atoms with van der Waals surface area (Å²) >= 11 is 0. The summed E-state index contributed by atoms with van der Waals surface area (Å²) in [5.74, 6) is 1.01. The van der Waals surface area contributed by atoms with Gasteiger partial charge in [0, 0.05) is 5.56 Å². The van der Waals surface area contributed by atoms with Gasteiger partial charge in [-0.1, -0.05) is 41.5 Å². The van der Waals surface area contributed by atoms with Crippen LogP contribution in [0.5, 0.6) is 5.75 Å². The maximum atomic E-state index is 5.70. The van der Waals surface area contributed by atoms with E-state index in [4.69, 9.17) is 4.74 Å². The number of methoxy groups -OCH3 is 1. The normalized spacial score (nSPS) is 13.1. The van der Waals surface area contributed by atoms with E-state index in [1.807, 2.05) is 0 Å². The van der Waals surface area contributed by atoms with E-state index in [0.29, 0.717) is 0 Å². The van der Waals surface area contributed by atoms with Crippen LogP contribution in [0.15, 0.2) is 35.9 Å². The van der Waals surface area contributed by atoms with E-state index in [0.717, 1.165) is 12.2 Å². The molecule has 2 aromatic carbocycles. The summed E-state index contributed by atoms with van der Waals surface area (Å²) in [6.07, 6.45) is 3.31. The highest BCUT2D eigenvalue weighted by Gasteiger charge is 2.21. The Labute approximate surface area is 120 Å². The van der Waals surface area contributed by atoms with E-state index in [-0.39, 0.29) is 0 Å². The number of aryl methyl sites for hydroxylation is 2. The SMILES string of the molecule is COc1c(C)cc2c(c1-c1ccc(C)cc1)CC(C)=C2. The summed E-state index contributed by atoms with van der Waals surface area (Å²) < 4.78 is 5.70. The van der Waals surface area contributed by atoms with E-state index in [1.54, 1.807) is 7.11 Å². The highest BCUT2D eigenvalue weighted by atomic mass is 16.5. The molecule has 1 nitrogen and oxygen atoms in total. The molecule has 0 heterocycles. The largest absolute Gasteiger partial charge is 0.496 e. The summed E-state index contributed by atoms with van der Waals surface area (Å²) in [6.45, 7) is 6.44. The molecule has 0 spiro atoms. The highest BCUT2D eigenvalue weighted by molar-refractivity contribution is 5.83. The molecule has 102 valence electrons. The van der Waals surface area contributed by atoms with Gasteiger partial charge in [-0.15, -0.1) is 0 Å². The predicted octanol–water partition coefficient (Wildman–Crippen LogP) is 4.94. The van der Waals surface area contributed by atoms with Crippen molar-refractivity contribution >= 4 is 6.08 Å². The average Bonchev–Trinajstić information content (AvgIpc) is 2.78. The molecule has 1 heteroatoms. The third kappa shape index (κ3) is 2.03. The van der Waals surface area contributed by atoms with Crippen LogP contribution in [0.3, 0.4) is 0 Å². The third-order valence-corrected chi connectivity index (χ3v) is 4.01. The molecule has 3 rings (SSSR count). The average molecular weight is 264 g/mol. The number of rotatable bonds is 2. The van der Waals surface area contributed by atoms with Gasteiger partial charge >= 0.3 is 0 Å². The van der Waals surface area contributed by atoms with E-state index >= 15 is 0 Å². The Morgan fingerprint density at radius 2 is 1.70 bits per heavy atom. The highest BCUT2D eigenvalue weighted by Crippen LogP contribution is 2.42. The molecular formula is C19H20O. The molecule has 1 aliphatic carbocycles. The topological polar surface area (TPSA) is 9.23 Å². The van der Waals surface area contributed by atoms with Gasteiger partial charge in [-0.3, -0.25) is 0 Å². The van der Waals surface area contributed by atoms with Crippen molar-refractivity contribution in [3.8, 4) is 16.9 Å². The predicted molar refractivity (Wildman–Crippen MR) is 85.3 cm³/mol. The first-order chi connectivity index (χ1) is 9.60. The lowest BCUT2D eigenvalue weighted by Gasteiger charge is -2.17.